The van der Waals surface area contributed by atoms with Gasteiger partial charge in [0.25, 0.3) is 0 Å². The van der Waals surface area contributed by atoms with Crippen molar-refractivity contribution in [2.24, 2.45) is 0 Å². The lowest BCUT2D eigenvalue weighted by atomic mass is 10.4. The van der Waals surface area contributed by atoms with E-state index in [-0.39, 0.29) is 0 Å². The summed E-state index contributed by atoms with van der Waals surface area (Å²) < 4.78 is 4.07. The van der Waals surface area contributed by atoms with E-state index in [1.807, 2.05) is 30.1 Å². The summed E-state index contributed by atoms with van der Waals surface area (Å²) in [7, 11) is 0. The number of anilines is 2. The SMILES string of the molecule is Cc1cc(C)n(CCCNc2nc(C)nc(NCCCn3nc(C)cc3C)n2)n1. The maximum atomic E-state index is 4.48. The van der Waals surface area contributed by atoms with Gasteiger partial charge in [-0.1, -0.05) is 0 Å². The van der Waals surface area contributed by atoms with Gasteiger partial charge < -0.3 is 10.6 Å². The molecular formula is C20H31N9. The molecule has 156 valence electrons. The molecule has 0 radical (unpaired) electrons. The molecule has 0 aliphatic heterocycles. The second kappa shape index (κ2) is 9.49. The zero-order valence-electron chi connectivity index (χ0n) is 18.0. The molecule has 0 bridgehead atoms. The van der Waals surface area contributed by atoms with E-state index in [1.165, 1.54) is 11.4 Å². The average Bonchev–Trinajstić information content (AvgIpc) is 3.15. The molecule has 29 heavy (non-hydrogen) atoms. The van der Waals surface area contributed by atoms with Gasteiger partial charge >= 0.3 is 0 Å². The summed E-state index contributed by atoms with van der Waals surface area (Å²) in [5.41, 5.74) is 4.48. The largest absolute Gasteiger partial charge is 0.354 e. The molecule has 0 atom stereocenters. The summed E-state index contributed by atoms with van der Waals surface area (Å²) >= 11 is 0. The molecular weight excluding hydrogens is 366 g/mol. The van der Waals surface area contributed by atoms with Crippen LogP contribution in [0.1, 0.15) is 41.4 Å². The summed E-state index contributed by atoms with van der Waals surface area (Å²) in [5, 5.41) is 15.6. The fraction of sp³-hybridized carbons (Fsp3) is 0.550. The number of aryl methyl sites for hydroxylation is 7. The first-order chi connectivity index (χ1) is 13.9. The highest BCUT2D eigenvalue weighted by atomic mass is 15.3. The average molecular weight is 398 g/mol. The molecule has 3 aromatic rings. The van der Waals surface area contributed by atoms with E-state index in [4.69, 9.17) is 0 Å². The predicted molar refractivity (Wildman–Crippen MR) is 114 cm³/mol. The van der Waals surface area contributed by atoms with Gasteiger partial charge in [-0.15, -0.1) is 0 Å². The molecule has 9 nitrogen and oxygen atoms in total. The quantitative estimate of drug-likeness (QED) is 0.508. The Morgan fingerprint density at radius 3 is 1.52 bits per heavy atom. The second-order valence-electron chi connectivity index (χ2n) is 7.39. The minimum Gasteiger partial charge on any atom is -0.354 e. The Morgan fingerprint density at radius 1 is 0.690 bits per heavy atom. The molecule has 3 heterocycles. The van der Waals surface area contributed by atoms with Gasteiger partial charge in [-0.2, -0.15) is 25.1 Å². The van der Waals surface area contributed by atoms with Crippen LogP contribution in [0.2, 0.25) is 0 Å². The van der Waals surface area contributed by atoms with Crippen LogP contribution < -0.4 is 10.6 Å². The van der Waals surface area contributed by atoms with Crippen LogP contribution in [0.3, 0.4) is 0 Å². The van der Waals surface area contributed by atoms with E-state index in [0.717, 1.165) is 50.4 Å². The molecule has 0 unspecified atom stereocenters. The summed E-state index contributed by atoms with van der Waals surface area (Å²) in [6, 6.07) is 4.19. The number of hydrogen-bond acceptors (Lipinski definition) is 7. The Kier molecular flexibility index (Phi) is 6.79. The summed E-state index contributed by atoms with van der Waals surface area (Å²) in [5.74, 6) is 1.90. The van der Waals surface area contributed by atoms with Crippen LogP contribution in [0.4, 0.5) is 11.9 Å². The van der Waals surface area contributed by atoms with E-state index in [1.54, 1.807) is 0 Å². The normalized spacial score (nSPS) is 11.1. The Labute approximate surface area is 172 Å². The summed E-state index contributed by atoms with van der Waals surface area (Å²) in [6.07, 6.45) is 1.89. The van der Waals surface area contributed by atoms with Crippen molar-refractivity contribution < 1.29 is 0 Å². The zero-order chi connectivity index (χ0) is 20.8. The Morgan fingerprint density at radius 2 is 1.14 bits per heavy atom. The van der Waals surface area contributed by atoms with Crippen LogP contribution in [-0.4, -0.2) is 47.6 Å². The molecule has 0 aliphatic rings. The highest BCUT2D eigenvalue weighted by Crippen LogP contribution is 2.07. The molecule has 0 spiro atoms. The lowest BCUT2D eigenvalue weighted by Gasteiger charge is -2.10. The minimum absolute atomic E-state index is 0.604. The van der Waals surface area contributed by atoms with Crippen LogP contribution in [0, 0.1) is 34.6 Å². The Hall–Kier alpha value is -2.97. The maximum Gasteiger partial charge on any atom is 0.227 e. The van der Waals surface area contributed by atoms with E-state index in [2.05, 4.69) is 61.8 Å². The zero-order valence-corrected chi connectivity index (χ0v) is 18.0. The second-order valence-corrected chi connectivity index (χ2v) is 7.39. The van der Waals surface area contributed by atoms with Crippen molar-refractivity contribution in [2.75, 3.05) is 23.7 Å². The lowest BCUT2D eigenvalue weighted by molar-refractivity contribution is 0.572. The third-order valence-corrected chi connectivity index (χ3v) is 4.61. The lowest BCUT2D eigenvalue weighted by Crippen LogP contribution is -2.14. The monoisotopic (exact) mass is 397 g/mol. The van der Waals surface area contributed by atoms with Crippen LogP contribution in [0.25, 0.3) is 0 Å². The van der Waals surface area contributed by atoms with Gasteiger partial charge in [-0.05, 0) is 59.6 Å². The highest BCUT2D eigenvalue weighted by molar-refractivity contribution is 5.34. The van der Waals surface area contributed by atoms with Gasteiger partial charge in [0.15, 0.2) is 0 Å². The van der Waals surface area contributed by atoms with Gasteiger partial charge in [0.1, 0.15) is 5.82 Å². The van der Waals surface area contributed by atoms with Crippen LogP contribution in [-0.2, 0) is 13.1 Å². The molecule has 3 rings (SSSR count). The standard InChI is InChI=1S/C20H31N9/c1-14-12-16(3)28(26-14)10-6-8-21-19-23-18(5)24-20(25-19)22-9-7-11-29-17(4)13-15(2)27-29/h12-13H,6-11H2,1-5H3,(H2,21,22,23,24,25). The van der Waals surface area contributed by atoms with Crippen molar-refractivity contribution in [3.8, 4) is 0 Å². The number of hydrogen-bond donors (Lipinski definition) is 2. The fourth-order valence-electron chi connectivity index (χ4n) is 3.30. The van der Waals surface area contributed by atoms with Crippen molar-refractivity contribution in [1.29, 1.82) is 0 Å². The first-order valence-corrected chi connectivity index (χ1v) is 10.1. The summed E-state index contributed by atoms with van der Waals surface area (Å²) in [6.45, 7) is 13.4. The van der Waals surface area contributed by atoms with E-state index >= 15 is 0 Å². The van der Waals surface area contributed by atoms with Gasteiger partial charge in [0, 0.05) is 37.6 Å². The third-order valence-electron chi connectivity index (χ3n) is 4.61. The van der Waals surface area contributed by atoms with E-state index in [0.29, 0.717) is 17.7 Å². The molecule has 9 heteroatoms. The summed E-state index contributed by atoms with van der Waals surface area (Å²) in [4.78, 5) is 13.2. The molecule has 0 saturated heterocycles. The fourth-order valence-corrected chi connectivity index (χ4v) is 3.30. The van der Waals surface area contributed by atoms with Gasteiger partial charge in [0.05, 0.1) is 11.4 Å². The topological polar surface area (TPSA) is 98.4 Å². The van der Waals surface area contributed by atoms with E-state index < -0.39 is 0 Å². The molecule has 0 aromatic carbocycles. The van der Waals surface area contributed by atoms with Crippen molar-refractivity contribution >= 4 is 11.9 Å². The van der Waals surface area contributed by atoms with Crippen molar-refractivity contribution in [2.45, 2.75) is 60.5 Å². The molecule has 0 fully saturated rings. The Balaban J connectivity index is 1.43. The van der Waals surface area contributed by atoms with Crippen molar-refractivity contribution in [3.05, 3.63) is 40.7 Å². The van der Waals surface area contributed by atoms with Crippen LogP contribution in [0.15, 0.2) is 12.1 Å². The molecule has 0 saturated carbocycles. The molecule has 0 aliphatic carbocycles. The van der Waals surface area contributed by atoms with Gasteiger partial charge in [0.2, 0.25) is 11.9 Å². The number of nitrogens with one attached hydrogen (secondary N) is 2. The first-order valence-electron chi connectivity index (χ1n) is 10.1. The first kappa shape index (κ1) is 20.8. The predicted octanol–water partition coefficient (Wildman–Crippen LogP) is 2.81. The van der Waals surface area contributed by atoms with Gasteiger partial charge in [-0.25, -0.2) is 0 Å². The molecule has 2 N–H and O–H groups in total. The number of nitrogens with zero attached hydrogens (tertiary/aromatic N) is 7. The van der Waals surface area contributed by atoms with Gasteiger partial charge in [-0.3, -0.25) is 9.36 Å². The smallest absolute Gasteiger partial charge is 0.227 e. The number of rotatable bonds is 10. The van der Waals surface area contributed by atoms with Crippen molar-refractivity contribution in [3.63, 3.8) is 0 Å². The third kappa shape index (κ3) is 6.00. The minimum atomic E-state index is 0.604. The Bertz CT molecular complexity index is 869. The maximum absolute atomic E-state index is 4.48. The van der Waals surface area contributed by atoms with Crippen LogP contribution >= 0.6 is 0 Å². The van der Waals surface area contributed by atoms with E-state index in [9.17, 15) is 0 Å². The molecule has 3 aromatic heterocycles. The highest BCUT2D eigenvalue weighted by Gasteiger charge is 2.05. The number of aromatic nitrogens is 7. The molecule has 0 amide bonds. The van der Waals surface area contributed by atoms with Crippen molar-refractivity contribution in [1.82, 2.24) is 34.5 Å². The van der Waals surface area contributed by atoms with Crippen LogP contribution in [0.5, 0.6) is 0 Å².